The van der Waals surface area contributed by atoms with Crippen LogP contribution < -0.4 is 5.32 Å². The van der Waals surface area contributed by atoms with Crippen LogP contribution in [0.2, 0.25) is 0 Å². The smallest absolute Gasteiger partial charge is 0.0167 e. The molecule has 1 heterocycles. The van der Waals surface area contributed by atoms with Crippen LogP contribution in [0.15, 0.2) is 12.7 Å². The van der Waals surface area contributed by atoms with Crippen molar-refractivity contribution >= 4 is 0 Å². The maximum Gasteiger partial charge on any atom is 0.0167 e. The molecule has 0 N–H and O–H groups in total. The molecule has 1 nitrogen and oxygen atoms in total. The van der Waals surface area contributed by atoms with E-state index in [1.807, 2.05) is 6.08 Å². The third kappa shape index (κ3) is 1.55. The third-order valence-electron chi connectivity index (χ3n) is 2.05. The van der Waals surface area contributed by atoms with Gasteiger partial charge in [-0.05, 0) is 18.3 Å². The number of hydrogen-bond acceptors (Lipinski definition) is 0. The Labute approximate surface area is 57.1 Å². The van der Waals surface area contributed by atoms with E-state index in [1.54, 1.807) is 0 Å². The molecule has 0 saturated carbocycles. The van der Waals surface area contributed by atoms with Crippen molar-refractivity contribution in [2.45, 2.75) is 13.3 Å². The zero-order valence-corrected chi connectivity index (χ0v) is 6.01. The van der Waals surface area contributed by atoms with Gasteiger partial charge in [0.05, 0.1) is 0 Å². The van der Waals surface area contributed by atoms with Crippen molar-refractivity contribution in [2.75, 3.05) is 13.1 Å². The van der Waals surface area contributed by atoms with Crippen molar-refractivity contribution in [3.8, 4) is 0 Å². The van der Waals surface area contributed by atoms with E-state index in [2.05, 4.69) is 18.8 Å². The van der Waals surface area contributed by atoms with Gasteiger partial charge in [0, 0.05) is 13.1 Å². The van der Waals surface area contributed by atoms with Crippen molar-refractivity contribution in [1.82, 2.24) is 5.32 Å². The molecule has 1 aliphatic heterocycles. The SMILES string of the molecule is C=CCC1C[N]CC1C. The molecule has 9 heavy (non-hydrogen) atoms. The van der Waals surface area contributed by atoms with Gasteiger partial charge in [-0.25, -0.2) is 5.32 Å². The average molecular weight is 124 g/mol. The topological polar surface area (TPSA) is 14.1 Å². The summed E-state index contributed by atoms with van der Waals surface area (Å²) in [5.41, 5.74) is 0. The maximum absolute atomic E-state index is 4.32. The maximum atomic E-state index is 4.32. The molecule has 1 rings (SSSR count). The molecule has 1 heteroatoms. The predicted octanol–water partition coefficient (Wildman–Crippen LogP) is 1.43. The Balaban J connectivity index is 2.30. The molecule has 51 valence electrons. The second-order valence-electron chi connectivity index (χ2n) is 2.85. The molecular weight excluding hydrogens is 110 g/mol. The highest BCUT2D eigenvalue weighted by molar-refractivity contribution is 4.83. The molecule has 0 aliphatic carbocycles. The van der Waals surface area contributed by atoms with Crippen molar-refractivity contribution < 1.29 is 0 Å². The molecule has 2 atom stereocenters. The van der Waals surface area contributed by atoms with Gasteiger partial charge in [-0.1, -0.05) is 13.0 Å². The van der Waals surface area contributed by atoms with E-state index in [9.17, 15) is 0 Å². The van der Waals surface area contributed by atoms with Crippen LogP contribution >= 0.6 is 0 Å². The van der Waals surface area contributed by atoms with Gasteiger partial charge in [-0.2, -0.15) is 0 Å². The standard InChI is InChI=1S/C8H14N/c1-3-4-8-6-9-5-7(8)2/h3,7-8H,1,4-6H2,2H3. The van der Waals surface area contributed by atoms with Gasteiger partial charge in [-0.3, -0.25) is 0 Å². The number of rotatable bonds is 2. The van der Waals surface area contributed by atoms with E-state index >= 15 is 0 Å². The minimum absolute atomic E-state index is 0.794. The Hall–Kier alpha value is -0.300. The van der Waals surface area contributed by atoms with Crippen LogP contribution in [0.1, 0.15) is 13.3 Å². The lowest BCUT2D eigenvalue weighted by Gasteiger charge is -2.09. The Kier molecular flexibility index (Phi) is 2.29. The fraction of sp³-hybridized carbons (Fsp3) is 0.750. The lowest BCUT2D eigenvalue weighted by atomic mass is 9.95. The number of allylic oxidation sites excluding steroid dienone is 1. The molecule has 1 saturated heterocycles. The number of hydrogen-bond donors (Lipinski definition) is 0. The van der Waals surface area contributed by atoms with Crippen molar-refractivity contribution in [2.24, 2.45) is 11.8 Å². The zero-order chi connectivity index (χ0) is 6.69. The summed E-state index contributed by atoms with van der Waals surface area (Å²) < 4.78 is 0. The average Bonchev–Trinajstić information content (AvgIpc) is 2.18. The van der Waals surface area contributed by atoms with Gasteiger partial charge in [-0.15, -0.1) is 6.58 Å². The Morgan fingerprint density at radius 1 is 1.67 bits per heavy atom. The van der Waals surface area contributed by atoms with Crippen LogP contribution in [0.5, 0.6) is 0 Å². The van der Waals surface area contributed by atoms with E-state index in [0.29, 0.717) is 0 Å². The van der Waals surface area contributed by atoms with Crippen LogP contribution in [0.25, 0.3) is 0 Å². The highest BCUT2D eigenvalue weighted by Crippen LogP contribution is 2.20. The van der Waals surface area contributed by atoms with Gasteiger partial charge in [0.1, 0.15) is 0 Å². The molecule has 0 aromatic carbocycles. The highest BCUT2D eigenvalue weighted by Gasteiger charge is 2.21. The molecule has 0 amide bonds. The zero-order valence-electron chi connectivity index (χ0n) is 6.01. The first-order chi connectivity index (χ1) is 4.34. The van der Waals surface area contributed by atoms with E-state index in [4.69, 9.17) is 0 Å². The van der Waals surface area contributed by atoms with Crippen LogP contribution in [0.4, 0.5) is 0 Å². The van der Waals surface area contributed by atoms with E-state index in [0.717, 1.165) is 31.3 Å². The minimum atomic E-state index is 0.794. The van der Waals surface area contributed by atoms with E-state index in [-0.39, 0.29) is 0 Å². The minimum Gasteiger partial charge on any atom is -0.241 e. The summed E-state index contributed by atoms with van der Waals surface area (Å²) in [7, 11) is 0. The summed E-state index contributed by atoms with van der Waals surface area (Å²) in [4.78, 5) is 0. The molecule has 0 aromatic heterocycles. The molecule has 1 radical (unpaired) electrons. The molecule has 0 spiro atoms. The highest BCUT2D eigenvalue weighted by atomic mass is 14.9. The van der Waals surface area contributed by atoms with Gasteiger partial charge in [0.2, 0.25) is 0 Å². The van der Waals surface area contributed by atoms with Crippen LogP contribution in [-0.2, 0) is 0 Å². The van der Waals surface area contributed by atoms with Gasteiger partial charge in [0.25, 0.3) is 0 Å². The monoisotopic (exact) mass is 124 g/mol. The molecule has 0 aromatic rings. The van der Waals surface area contributed by atoms with Crippen LogP contribution in [0, 0.1) is 11.8 Å². The van der Waals surface area contributed by atoms with E-state index in [1.165, 1.54) is 0 Å². The molecule has 2 unspecified atom stereocenters. The van der Waals surface area contributed by atoms with E-state index < -0.39 is 0 Å². The van der Waals surface area contributed by atoms with Crippen molar-refractivity contribution in [3.05, 3.63) is 12.7 Å². The summed E-state index contributed by atoms with van der Waals surface area (Å²) in [5.74, 6) is 1.59. The lowest BCUT2D eigenvalue weighted by molar-refractivity contribution is 0.458. The van der Waals surface area contributed by atoms with Crippen LogP contribution in [-0.4, -0.2) is 13.1 Å². The Morgan fingerprint density at radius 3 is 2.89 bits per heavy atom. The van der Waals surface area contributed by atoms with Crippen molar-refractivity contribution in [3.63, 3.8) is 0 Å². The van der Waals surface area contributed by atoms with Gasteiger partial charge >= 0.3 is 0 Å². The fourth-order valence-corrected chi connectivity index (χ4v) is 1.29. The summed E-state index contributed by atoms with van der Waals surface area (Å²) >= 11 is 0. The van der Waals surface area contributed by atoms with Gasteiger partial charge in [0.15, 0.2) is 0 Å². The van der Waals surface area contributed by atoms with Crippen molar-refractivity contribution in [1.29, 1.82) is 0 Å². The first-order valence-corrected chi connectivity index (χ1v) is 3.58. The summed E-state index contributed by atoms with van der Waals surface area (Å²) in [6.45, 7) is 8.12. The molecule has 0 bridgehead atoms. The second-order valence-corrected chi connectivity index (χ2v) is 2.85. The predicted molar refractivity (Wildman–Crippen MR) is 39.3 cm³/mol. The summed E-state index contributed by atoms with van der Waals surface area (Å²) in [6.07, 6.45) is 3.15. The quantitative estimate of drug-likeness (QED) is 0.494. The summed E-state index contributed by atoms with van der Waals surface area (Å²) in [6, 6.07) is 0. The number of nitrogens with zero attached hydrogens (tertiary/aromatic N) is 1. The summed E-state index contributed by atoms with van der Waals surface area (Å²) in [5, 5.41) is 4.32. The van der Waals surface area contributed by atoms with Gasteiger partial charge < -0.3 is 0 Å². The fourth-order valence-electron chi connectivity index (χ4n) is 1.29. The Bertz CT molecular complexity index is 98.7. The first kappa shape index (κ1) is 6.81. The normalized spacial score (nSPS) is 34.8. The lowest BCUT2D eigenvalue weighted by Crippen LogP contribution is -2.06. The molecule has 1 fully saturated rings. The Morgan fingerprint density at radius 2 is 2.44 bits per heavy atom. The molecule has 1 aliphatic rings. The first-order valence-electron chi connectivity index (χ1n) is 3.58. The van der Waals surface area contributed by atoms with Crippen LogP contribution in [0.3, 0.4) is 0 Å². The third-order valence-corrected chi connectivity index (χ3v) is 2.05. The molecular formula is C8H14N. The second kappa shape index (κ2) is 3.02. The largest absolute Gasteiger partial charge is 0.241 e.